The topological polar surface area (TPSA) is 240 Å². The van der Waals surface area contributed by atoms with E-state index in [-0.39, 0.29) is 6.42 Å². The van der Waals surface area contributed by atoms with Gasteiger partial charge in [-0.05, 0) is 31.9 Å². The Bertz CT molecular complexity index is 896. The lowest BCUT2D eigenvalue weighted by atomic mass is 10.0. The molecule has 4 amide bonds. The minimum atomic E-state index is -1.68. The molecule has 1 rings (SSSR count). The zero-order valence-electron chi connectivity index (χ0n) is 20.2. The van der Waals surface area contributed by atoms with Crippen LogP contribution in [0.2, 0.25) is 0 Å². The SMILES string of the molecule is CC(O)C(NC(=O)C(CC(N)=O)NC(=O)C(Cc1ccccc1)NC(=O)C(N)CCCCN)C(=O)O. The van der Waals surface area contributed by atoms with Crippen LogP contribution in [0.15, 0.2) is 30.3 Å². The van der Waals surface area contributed by atoms with Crippen LogP contribution in [0.3, 0.4) is 0 Å². The summed E-state index contributed by atoms with van der Waals surface area (Å²) in [4.78, 5) is 61.3. The van der Waals surface area contributed by atoms with E-state index in [0.29, 0.717) is 31.4 Å². The molecule has 0 spiro atoms. The Morgan fingerprint density at radius 3 is 2.03 bits per heavy atom. The van der Waals surface area contributed by atoms with Crippen LogP contribution in [0.5, 0.6) is 0 Å². The maximum absolute atomic E-state index is 13.1. The Hall–Kier alpha value is -3.55. The molecule has 1 aromatic rings. The minimum Gasteiger partial charge on any atom is -0.480 e. The third kappa shape index (κ3) is 10.8. The minimum absolute atomic E-state index is 0.0459. The first kappa shape index (κ1) is 30.5. The van der Waals surface area contributed by atoms with Crippen LogP contribution >= 0.6 is 0 Å². The number of carbonyl (C=O) groups is 5. The number of carboxylic acid groups (broad SMARTS) is 1. The van der Waals surface area contributed by atoms with Crippen molar-refractivity contribution in [2.75, 3.05) is 6.54 Å². The quantitative estimate of drug-likeness (QED) is 0.110. The number of carbonyl (C=O) groups excluding carboxylic acids is 4. The molecule has 0 aromatic heterocycles. The summed E-state index contributed by atoms with van der Waals surface area (Å²) in [5.74, 6) is -4.89. The Morgan fingerprint density at radius 1 is 0.917 bits per heavy atom. The van der Waals surface area contributed by atoms with E-state index in [2.05, 4.69) is 16.0 Å². The van der Waals surface area contributed by atoms with E-state index in [9.17, 15) is 34.2 Å². The summed E-state index contributed by atoms with van der Waals surface area (Å²) >= 11 is 0. The van der Waals surface area contributed by atoms with Gasteiger partial charge in [0.05, 0.1) is 18.6 Å². The molecule has 0 heterocycles. The summed E-state index contributed by atoms with van der Waals surface area (Å²) in [7, 11) is 0. The Balaban J connectivity index is 3.07. The average molecular weight is 509 g/mol. The molecule has 0 aliphatic rings. The van der Waals surface area contributed by atoms with Gasteiger partial charge < -0.3 is 43.4 Å². The van der Waals surface area contributed by atoms with Gasteiger partial charge in [-0.2, -0.15) is 0 Å². The van der Waals surface area contributed by atoms with Crippen LogP contribution in [0.1, 0.15) is 38.2 Å². The summed E-state index contributed by atoms with van der Waals surface area (Å²) in [5, 5.41) is 25.8. The highest BCUT2D eigenvalue weighted by atomic mass is 16.4. The second-order valence-corrected chi connectivity index (χ2v) is 8.44. The molecule has 0 saturated carbocycles. The first-order valence-electron chi connectivity index (χ1n) is 11.6. The smallest absolute Gasteiger partial charge is 0.328 e. The maximum atomic E-state index is 13.1. The monoisotopic (exact) mass is 508 g/mol. The van der Waals surface area contributed by atoms with Crippen molar-refractivity contribution >= 4 is 29.6 Å². The number of rotatable bonds is 16. The number of aliphatic hydroxyl groups is 1. The van der Waals surface area contributed by atoms with Gasteiger partial charge in [-0.3, -0.25) is 19.2 Å². The van der Waals surface area contributed by atoms with Crippen LogP contribution in [0, 0.1) is 0 Å². The highest BCUT2D eigenvalue weighted by Crippen LogP contribution is 2.07. The molecule has 0 saturated heterocycles. The average Bonchev–Trinajstić information content (AvgIpc) is 2.81. The van der Waals surface area contributed by atoms with Crippen molar-refractivity contribution in [1.82, 2.24) is 16.0 Å². The van der Waals surface area contributed by atoms with Crippen molar-refractivity contribution in [1.29, 1.82) is 0 Å². The Labute approximate surface area is 209 Å². The fraction of sp³-hybridized carbons (Fsp3) is 0.522. The number of primary amides is 1. The third-order valence-electron chi connectivity index (χ3n) is 5.31. The van der Waals surface area contributed by atoms with E-state index in [4.69, 9.17) is 17.2 Å². The van der Waals surface area contributed by atoms with Crippen molar-refractivity contribution in [3.05, 3.63) is 35.9 Å². The molecule has 0 radical (unpaired) electrons. The van der Waals surface area contributed by atoms with E-state index in [0.717, 1.165) is 6.92 Å². The molecule has 1 aromatic carbocycles. The lowest BCUT2D eigenvalue weighted by Crippen LogP contribution is -2.59. The summed E-state index contributed by atoms with van der Waals surface area (Å²) in [5.41, 5.74) is 17.3. The van der Waals surface area contributed by atoms with Crippen molar-refractivity contribution in [2.45, 2.75) is 69.3 Å². The number of nitrogens with one attached hydrogen (secondary N) is 3. The molecule has 13 nitrogen and oxygen atoms in total. The van der Waals surface area contributed by atoms with Gasteiger partial charge in [0.1, 0.15) is 12.1 Å². The van der Waals surface area contributed by atoms with Crippen molar-refractivity contribution in [2.24, 2.45) is 17.2 Å². The van der Waals surface area contributed by atoms with E-state index in [1.807, 2.05) is 0 Å². The highest BCUT2D eigenvalue weighted by Gasteiger charge is 2.32. The Kier molecular flexibility index (Phi) is 13.1. The molecule has 11 N–H and O–H groups in total. The number of amides is 4. The van der Waals surface area contributed by atoms with Crippen LogP contribution in [0.4, 0.5) is 0 Å². The predicted octanol–water partition coefficient (Wildman–Crippen LogP) is -2.52. The van der Waals surface area contributed by atoms with Crippen LogP contribution in [-0.4, -0.2) is 76.6 Å². The highest BCUT2D eigenvalue weighted by molar-refractivity contribution is 5.96. The van der Waals surface area contributed by atoms with Gasteiger partial charge in [-0.1, -0.05) is 36.8 Å². The Morgan fingerprint density at radius 2 is 1.50 bits per heavy atom. The normalized spacial score (nSPS) is 15.0. The van der Waals surface area contributed by atoms with E-state index in [1.165, 1.54) is 0 Å². The zero-order chi connectivity index (χ0) is 27.3. The summed E-state index contributed by atoms with van der Waals surface area (Å²) in [6, 6.07) is 3.44. The lowest BCUT2D eigenvalue weighted by molar-refractivity contribution is -0.145. The molecule has 5 unspecified atom stereocenters. The molecule has 5 atom stereocenters. The first-order valence-corrected chi connectivity index (χ1v) is 11.6. The number of aliphatic carboxylic acids is 1. The molecule has 13 heteroatoms. The molecule has 0 aliphatic carbocycles. The maximum Gasteiger partial charge on any atom is 0.328 e. The standard InChI is InChI=1S/C23H36N6O7/c1-13(30)19(23(35)36)29-22(34)17(12-18(26)31)28-21(33)16(11-14-7-3-2-4-8-14)27-20(32)15(25)9-5-6-10-24/h2-4,7-8,13,15-17,19,30H,5-6,9-12,24-25H2,1H3,(H2,26,31)(H,27,32)(H,28,33)(H,29,34)(H,35,36). The van der Waals surface area contributed by atoms with Gasteiger partial charge in [0, 0.05) is 6.42 Å². The third-order valence-corrected chi connectivity index (χ3v) is 5.31. The predicted molar refractivity (Wildman–Crippen MR) is 130 cm³/mol. The fourth-order valence-corrected chi connectivity index (χ4v) is 3.30. The second-order valence-electron chi connectivity index (χ2n) is 8.44. The molecular weight excluding hydrogens is 472 g/mol. The van der Waals surface area contributed by atoms with E-state index in [1.54, 1.807) is 30.3 Å². The van der Waals surface area contributed by atoms with Crippen LogP contribution < -0.4 is 33.2 Å². The van der Waals surface area contributed by atoms with Crippen LogP contribution in [-0.2, 0) is 30.4 Å². The number of benzene rings is 1. The van der Waals surface area contributed by atoms with Crippen LogP contribution in [0.25, 0.3) is 0 Å². The summed E-state index contributed by atoms with van der Waals surface area (Å²) in [6.45, 7) is 1.61. The number of aliphatic hydroxyl groups excluding tert-OH is 1. The largest absolute Gasteiger partial charge is 0.480 e. The summed E-state index contributed by atoms with van der Waals surface area (Å²) in [6.07, 6.45) is -0.399. The number of hydrogen-bond donors (Lipinski definition) is 8. The van der Waals surface area contributed by atoms with Crippen molar-refractivity contribution in [3.8, 4) is 0 Å². The molecule has 0 bridgehead atoms. The van der Waals surface area contributed by atoms with Gasteiger partial charge >= 0.3 is 5.97 Å². The zero-order valence-corrected chi connectivity index (χ0v) is 20.2. The molecule has 0 aliphatic heterocycles. The molecule has 200 valence electrons. The second kappa shape index (κ2) is 15.4. The van der Waals surface area contributed by atoms with Gasteiger partial charge in [0.25, 0.3) is 0 Å². The summed E-state index contributed by atoms with van der Waals surface area (Å²) < 4.78 is 0. The number of nitrogens with two attached hydrogens (primary N) is 3. The fourth-order valence-electron chi connectivity index (χ4n) is 3.30. The molecular formula is C23H36N6O7. The van der Waals surface area contributed by atoms with Crippen molar-refractivity contribution in [3.63, 3.8) is 0 Å². The number of unbranched alkanes of at least 4 members (excludes halogenated alkanes) is 1. The van der Waals surface area contributed by atoms with E-state index >= 15 is 0 Å². The first-order chi connectivity index (χ1) is 17.0. The number of hydrogen-bond acceptors (Lipinski definition) is 8. The van der Waals surface area contributed by atoms with Gasteiger partial charge in [-0.15, -0.1) is 0 Å². The molecule has 36 heavy (non-hydrogen) atoms. The molecule has 0 fully saturated rings. The lowest BCUT2D eigenvalue weighted by Gasteiger charge is -2.25. The number of carboxylic acids is 1. The van der Waals surface area contributed by atoms with Gasteiger partial charge in [0.2, 0.25) is 23.6 Å². The van der Waals surface area contributed by atoms with Crippen molar-refractivity contribution < 1.29 is 34.2 Å². The van der Waals surface area contributed by atoms with E-state index < -0.39 is 66.3 Å². The van der Waals surface area contributed by atoms with Gasteiger partial charge in [-0.25, -0.2) is 4.79 Å². The van der Waals surface area contributed by atoms with Gasteiger partial charge in [0.15, 0.2) is 6.04 Å².